The van der Waals surface area contributed by atoms with Crippen molar-refractivity contribution in [2.24, 2.45) is 11.7 Å². The van der Waals surface area contributed by atoms with E-state index in [2.05, 4.69) is 25.9 Å². The maximum atomic E-state index is 12.8. The molecule has 0 fully saturated rings. The summed E-state index contributed by atoms with van der Waals surface area (Å²) < 4.78 is 0. The lowest BCUT2D eigenvalue weighted by Crippen LogP contribution is -2.56. The van der Waals surface area contributed by atoms with Crippen molar-refractivity contribution in [1.29, 1.82) is 0 Å². The highest BCUT2D eigenvalue weighted by Gasteiger charge is 2.29. The topological polar surface area (TPSA) is 179 Å². The van der Waals surface area contributed by atoms with Crippen LogP contribution >= 0.6 is 11.8 Å². The van der Waals surface area contributed by atoms with Crippen molar-refractivity contribution in [3.63, 3.8) is 0 Å². The highest BCUT2D eigenvalue weighted by molar-refractivity contribution is 7.98. The minimum atomic E-state index is -1.21. The standard InChI is InChI=1S/C20H34N6O5S/c1-11(2)7-15(25-18(28)14(21)5-6-32-4)19(29)24-12(3)17(27)26-16(20(30)31)8-13-9-22-10-23-13/h9-12,14-16H,5-8,21H2,1-4H3,(H,22,23)(H,24,29)(H,25,28)(H,26,27)(H,30,31). The van der Waals surface area contributed by atoms with Crippen LogP contribution in [0.25, 0.3) is 0 Å². The van der Waals surface area contributed by atoms with Crippen molar-refractivity contribution in [2.75, 3.05) is 12.0 Å². The first kappa shape index (κ1) is 27.4. The molecule has 1 aromatic heterocycles. The SMILES string of the molecule is CSCCC(N)C(=O)NC(CC(C)C)C(=O)NC(C)C(=O)NC(Cc1cnc[nH]1)C(=O)O. The van der Waals surface area contributed by atoms with Gasteiger partial charge in [0.2, 0.25) is 17.7 Å². The molecule has 0 aliphatic heterocycles. The van der Waals surface area contributed by atoms with Gasteiger partial charge in [0.15, 0.2) is 0 Å². The number of amides is 3. The van der Waals surface area contributed by atoms with E-state index in [9.17, 15) is 24.3 Å². The number of nitrogens with two attached hydrogens (primary N) is 1. The third kappa shape index (κ3) is 9.69. The summed E-state index contributed by atoms with van der Waals surface area (Å²) in [6, 6.07) is -3.80. The molecule has 1 rings (SSSR count). The van der Waals surface area contributed by atoms with E-state index in [0.717, 1.165) is 5.75 Å². The molecule has 11 nitrogen and oxygen atoms in total. The van der Waals surface area contributed by atoms with Gasteiger partial charge in [-0.15, -0.1) is 0 Å². The second-order valence-corrected chi connectivity index (χ2v) is 8.97. The van der Waals surface area contributed by atoms with E-state index in [1.54, 1.807) is 11.8 Å². The van der Waals surface area contributed by atoms with Crippen LogP contribution in [0.1, 0.15) is 39.3 Å². The summed E-state index contributed by atoms with van der Waals surface area (Å²) in [7, 11) is 0. The summed E-state index contributed by atoms with van der Waals surface area (Å²) >= 11 is 1.57. The lowest BCUT2D eigenvalue weighted by Gasteiger charge is -2.24. The van der Waals surface area contributed by atoms with Gasteiger partial charge in [0.1, 0.15) is 18.1 Å². The number of thioether (sulfide) groups is 1. The molecule has 4 unspecified atom stereocenters. The van der Waals surface area contributed by atoms with E-state index < -0.39 is 47.9 Å². The fourth-order valence-electron chi connectivity index (χ4n) is 2.85. The number of rotatable bonds is 14. The van der Waals surface area contributed by atoms with Crippen molar-refractivity contribution in [3.8, 4) is 0 Å². The molecule has 12 heteroatoms. The molecule has 0 aliphatic rings. The number of H-pyrrole nitrogens is 1. The predicted octanol–water partition coefficient (Wildman–Crippen LogP) is -0.362. The van der Waals surface area contributed by atoms with Crippen LogP contribution < -0.4 is 21.7 Å². The van der Waals surface area contributed by atoms with Crippen LogP contribution in [0.2, 0.25) is 0 Å². The van der Waals surface area contributed by atoms with Gasteiger partial charge in [-0.2, -0.15) is 11.8 Å². The summed E-state index contributed by atoms with van der Waals surface area (Å²) in [5.41, 5.74) is 6.43. The highest BCUT2D eigenvalue weighted by atomic mass is 32.2. The molecule has 4 atom stereocenters. The summed E-state index contributed by atoms with van der Waals surface area (Å²) in [5.74, 6) is -2.01. The van der Waals surface area contributed by atoms with E-state index >= 15 is 0 Å². The first-order chi connectivity index (χ1) is 15.0. The molecule has 3 amide bonds. The van der Waals surface area contributed by atoms with Crippen LogP contribution in [-0.4, -0.2) is 74.9 Å². The quantitative estimate of drug-likeness (QED) is 0.213. The number of aromatic nitrogens is 2. The zero-order chi connectivity index (χ0) is 24.3. The number of aromatic amines is 1. The number of carbonyl (C=O) groups excluding carboxylic acids is 3. The number of hydrogen-bond acceptors (Lipinski definition) is 7. The first-order valence-electron chi connectivity index (χ1n) is 10.4. The normalized spacial score (nSPS) is 14.8. The van der Waals surface area contributed by atoms with E-state index in [0.29, 0.717) is 18.5 Å². The molecule has 0 aliphatic carbocycles. The highest BCUT2D eigenvalue weighted by Crippen LogP contribution is 2.07. The van der Waals surface area contributed by atoms with Gasteiger partial charge in [-0.3, -0.25) is 14.4 Å². The number of aliphatic carboxylic acids is 1. The Bertz CT molecular complexity index is 758. The average Bonchev–Trinajstić information content (AvgIpc) is 3.23. The van der Waals surface area contributed by atoms with Gasteiger partial charge in [-0.25, -0.2) is 9.78 Å². The maximum absolute atomic E-state index is 12.8. The van der Waals surface area contributed by atoms with Gasteiger partial charge in [0.05, 0.1) is 12.4 Å². The molecule has 180 valence electrons. The number of carboxylic acid groups (broad SMARTS) is 1. The van der Waals surface area contributed by atoms with Crippen LogP contribution in [0.5, 0.6) is 0 Å². The van der Waals surface area contributed by atoms with Crippen molar-refractivity contribution in [3.05, 3.63) is 18.2 Å². The zero-order valence-electron chi connectivity index (χ0n) is 18.9. The monoisotopic (exact) mass is 470 g/mol. The fraction of sp³-hybridized carbons (Fsp3) is 0.650. The molecule has 0 aromatic carbocycles. The summed E-state index contributed by atoms with van der Waals surface area (Å²) in [6.45, 7) is 5.26. The Labute approximate surface area is 192 Å². The van der Waals surface area contributed by atoms with Gasteiger partial charge in [-0.1, -0.05) is 13.8 Å². The van der Waals surface area contributed by atoms with Crippen LogP contribution in [0.15, 0.2) is 12.5 Å². The molecule has 0 radical (unpaired) electrons. The Morgan fingerprint density at radius 3 is 2.28 bits per heavy atom. The molecule has 0 saturated heterocycles. The number of nitrogens with zero attached hydrogens (tertiary/aromatic N) is 1. The summed E-state index contributed by atoms with van der Waals surface area (Å²) in [6.07, 6.45) is 5.65. The lowest BCUT2D eigenvalue weighted by atomic mass is 10.0. The van der Waals surface area contributed by atoms with Crippen LogP contribution in [0, 0.1) is 5.92 Å². The molecule has 1 aromatic rings. The first-order valence-corrected chi connectivity index (χ1v) is 11.8. The Balaban J connectivity index is 2.72. The Morgan fingerprint density at radius 2 is 1.75 bits per heavy atom. The molecule has 0 saturated carbocycles. The molecule has 32 heavy (non-hydrogen) atoms. The molecular weight excluding hydrogens is 436 g/mol. The van der Waals surface area contributed by atoms with Gasteiger partial charge in [0.25, 0.3) is 0 Å². The average molecular weight is 471 g/mol. The van der Waals surface area contributed by atoms with E-state index in [1.165, 1.54) is 19.4 Å². The Hall–Kier alpha value is -2.60. The predicted molar refractivity (Wildman–Crippen MR) is 122 cm³/mol. The van der Waals surface area contributed by atoms with E-state index in [4.69, 9.17) is 5.73 Å². The van der Waals surface area contributed by atoms with Gasteiger partial charge < -0.3 is 31.8 Å². The van der Waals surface area contributed by atoms with Crippen molar-refractivity contribution in [2.45, 2.75) is 64.2 Å². The molecule has 0 spiro atoms. The van der Waals surface area contributed by atoms with Gasteiger partial charge in [-0.05, 0) is 37.7 Å². The number of nitrogens with one attached hydrogen (secondary N) is 4. The van der Waals surface area contributed by atoms with Gasteiger partial charge >= 0.3 is 5.97 Å². The van der Waals surface area contributed by atoms with Crippen LogP contribution in [0.4, 0.5) is 0 Å². The van der Waals surface area contributed by atoms with Crippen LogP contribution in [-0.2, 0) is 25.6 Å². The number of imidazole rings is 1. The third-order valence-electron chi connectivity index (χ3n) is 4.66. The third-order valence-corrected chi connectivity index (χ3v) is 5.30. The molecule has 0 bridgehead atoms. The van der Waals surface area contributed by atoms with Crippen molar-refractivity contribution < 1.29 is 24.3 Å². The minimum Gasteiger partial charge on any atom is -0.480 e. The summed E-state index contributed by atoms with van der Waals surface area (Å²) in [5, 5.41) is 17.0. The number of carboxylic acids is 1. The second kappa shape index (κ2) is 13.7. The Kier molecular flexibility index (Phi) is 11.8. The van der Waals surface area contributed by atoms with Gasteiger partial charge in [0, 0.05) is 18.3 Å². The molecular formula is C20H34N6O5S. The maximum Gasteiger partial charge on any atom is 0.326 e. The van der Waals surface area contributed by atoms with E-state index in [1.807, 2.05) is 20.1 Å². The molecule has 1 heterocycles. The van der Waals surface area contributed by atoms with Crippen molar-refractivity contribution in [1.82, 2.24) is 25.9 Å². The minimum absolute atomic E-state index is 0.0156. The summed E-state index contributed by atoms with van der Waals surface area (Å²) in [4.78, 5) is 55.7. The smallest absolute Gasteiger partial charge is 0.326 e. The van der Waals surface area contributed by atoms with Crippen LogP contribution in [0.3, 0.4) is 0 Å². The fourth-order valence-corrected chi connectivity index (χ4v) is 3.34. The lowest BCUT2D eigenvalue weighted by molar-refractivity contribution is -0.142. The van der Waals surface area contributed by atoms with Crippen molar-refractivity contribution >= 4 is 35.5 Å². The van der Waals surface area contributed by atoms with E-state index in [-0.39, 0.29) is 12.3 Å². The Morgan fingerprint density at radius 1 is 1.09 bits per heavy atom. The molecule has 7 N–H and O–H groups in total. The second-order valence-electron chi connectivity index (χ2n) is 7.99. The zero-order valence-corrected chi connectivity index (χ0v) is 19.7. The number of carbonyl (C=O) groups is 4. The largest absolute Gasteiger partial charge is 0.480 e. The number of hydrogen-bond donors (Lipinski definition) is 6.